The van der Waals surface area contributed by atoms with Gasteiger partial charge in [-0.05, 0) is 30.0 Å². The van der Waals surface area contributed by atoms with Crippen LogP contribution in [0.5, 0.6) is 0 Å². The number of aliphatic hydroxyl groups excluding tert-OH is 2. The maximum Gasteiger partial charge on any atom is 0.351 e. The topological polar surface area (TPSA) is 88.5 Å². The Hall–Kier alpha value is -2.70. The largest absolute Gasteiger partial charge is 0.437 e. The molecule has 0 unspecified atom stereocenters. The maximum absolute atomic E-state index is 12.2. The number of aryl methyl sites for hydroxylation is 1. The predicted molar refractivity (Wildman–Crippen MR) is 109 cm³/mol. The van der Waals surface area contributed by atoms with Crippen molar-refractivity contribution in [2.24, 2.45) is 0 Å². The minimum atomic E-state index is -0.439. The van der Waals surface area contributed by atoms with E-state index in [-0.39, 0.29) is 19.8 Å². The first kappa shape index (κ1) is 20.0. The lowest BCUT2D eigenvalue weighted by Gasteiger charge is -2.02. The van der Waals surface area contributed by atoms with Crippen LogP contribution in [0.3, 0.4) is 0 Å². The summed E-state index contributed by atoms with van der Waals surface area (Å²) in [5.41, 5.74) is 2.57. The molecule has 0 spiro atoms. The molecule has 0 aliphatic carbocycles. The second-order valence-electron chi connectivity index (χ2n) is 6.88. The average molecular weight is 382 g/mol. The lowest BCUT2D eigenvalue weighted by molar-refractivity contribution is 0.275. The smallest absolute Gasteiger partial charge is 0.351 e. The highest BCUT2D eigenvalue weighted by molar-refractivity contribution is 5.79. The molecule has 0 bridgehead atoms. The van der Waals surface area contributed by atoms with Gasteiger partial charge in [0.25, 0.3) is 0 Å². The van der Waals surface area contributed by atoms with E-state index in [4.69, 9.17) is 14.6 Å². The summed E-state index contributed by atoms with van der Waals surface area (Å²) < 4.78 is 7.20. The molecule has 2 heterocycles. The van der Waals surface area contributed by atoms with Gasteiger partial charge in [0.2, 0.25) is 5.71 Å². The van der Waals surface area contributed by atoms with Crippen molar-refractivity contribution in [3.63, 3.8) is 0 Å². The average Bonchev–Trinajstić information content (AvgIpc) is 3.12. The standard InChI is InChI=1S/C22H26N2O4/c1-2-3-4-5-16-6-8-18(9-7-16)20-12-19-13-24(11-10-17(14-25)15-26)22(27)23-21(19)28-20/h6-10,12-13,25-26H,2-5,11,14-15H2,1H3. The van der Waals surface area contributed by atoms with Crippen LogP contribution < -0.4 is 5.69 Å². The normalized spacial score (nSPS) is 11.1. The number of benzene rings is 1. The van der Waals surface area contributed by atoms with Crippen molar-refractivity contribution in [3.05, 3.63) is 64.2 Å². The second kappa shape index (κ2) is 9.48. The number of fused-ring (bicyclic) bond motifs is 1. The summed E-state index contributed by atoms with van der Waals surface area (Å²) in [6, 6.07) is 10.2. The van der Waals surface area contributed by atoms with Crippen LogP contribution in [0.15, 0.2) is 57.4 Å². The van der Waals surface area contributed by atoms with Gasteiger partial charge in [0.15, 0.2) is 0 Å². The zero-order chi connectivity index (χ0) is 19.9. The van der Waals surface area contributed by atoms with Crippen LogP contribution in [-0.2, 0) is 13.0 Å². The van der Waals surface area contributed by atoms with E-state index in [1.165, 1.54) is 29.4 Å². The minimum Gasteiger partial charge on any atom is -0.437 e. The first-order chi connectivity index (χ1) is 13.6. The van der Waals surface area contributed by atoms with E-state index >= 15 is 0 Å². The Bertz CT molecular complexity index is 994. The SMILES string of the molecule is CCCCCc1ccc(-c2cc3cn(CC=C(CO)CO)c(=O)nc3o2)cc1. The zero-order valence-corrected chi connectivity index (χ0v) is 16.1. The van der Waals surface area contributed by atoms with Gasteiger partial charge < -0.3 is 14.6 Å². The molecule has 0 saturated carbocycles. The Morgan fingerprint density at radius 1 is 1.18 bits per heavy atom. The van der Waals surface area contributed by atoms with Gasteiger partial charge in [-0.15, -0.1) is 0 Å². The molecular formula is C22H26N2O4. The maximum atomic E-state index is 12.2. The molecule has 0 radical (unpaired) electrons. The van der Waals surface area contributed by atoms with E-state index in [1.807, 2.05) is 18.2 Å². The quantitative estimate of drug-likeness (QED) is 0.438. The molecule has 6 nitrogen and oxygen atoms in total. The molecule has 2 aromatic heterocycles. The molecule has 3 rings (SSSR count). The molecule has 0 atom stereocenters. The predicted octanol–water partition coefficient (Wildman–Crippen LogP) is 3.30. The third kappa shape index (κ3) is 4.77. The summed E-state index contributed by atoms with van der Waals surface area (Å²) >= 11 is 0. The summed E-state index contributed by atoms with van der Waals surface area (Å²) in [7, 11) is 0. The summed E-state index contributed by atoms with van der Waals surface area (Å²) in [5.74, 6) is 0.668. The molecule has 148 valence electrons. The molecule has 6 heteroatoms. The third-order valence-corrected chi connectivity index (χ3v) is 4.77. The third-order valence-electron chi connectivity index (χ3n) is 4.77. The fraction of sp³-hybridized carbons (Fsp3) is 0.364. The number of aliphatic hydroxyl groups is 2. The van der Waals surface area contributed by atoms with Crippen LogP contribution in [0, 0.1) is 0 Å². The Labute approximate surface area is 163 Å². The van der Waals surface area contributed by atoms with E-state index in [2.05, 4.69) is 24.0 Å². The van der Waals surface area contributed by atoms with Crippen molar-refractivity contribution < 1.29 is 14.6 Å². The first-order valence-electron chi connectivity index (χ1n) is 9.64. The molecule has 1 aromatic carbocycles. The lowest BCUT2D eigenvalue weighted by Crippen LogP contribution is -2.21. The Kier molecular flexibility index (Phi) is 6.79. The van der Waals surface area contributed by atoms with Crippen LogP contribution in [0.25, 0.3) is 22.4 Å². The van der Waals surface area contributed by atoms with Crippen molar-refractivity contribution in [1.29, 1.82) is 0 Å². The number of hydrogen-bond donors (Lipinski definition) is 2. The molecule has 0 saturated heterocycles. The van der Waals surface area contributed by atoms with E-state index in [0.29, 0.717) is 17.0 Å². The van der Waals surface area contributed by atoms with E-state index in [1.54, 1.807) is 12.3 Å². The van der Waals surface area contributed by atoms with Crippen molar-refractivity contribution >= 4 is 11.1 Å². The van der Waals surface area contributed by atoms with Gasteiger partial charge in [-0.2, -0.15) is 4.98 Å². The van der Waals surface area contributed by atoms with Crippen LogP contribution in [-0.4, -0.2) is 33.0 Å². The molecule has 2 N–H and O–H groups in total. The molecule has 28 heavy (non-hydrogen) atoms. The summed E-state index contributed by atoms with van der Waals surface area (Å²) in [4.78, 5) is 16.2. The van der Waals surface area contributed by atoms with E-state index in [9.17, 15) is 4.79 Å². The Morgan fingerprint density at radius 2 is 1.93 bits per heavy atom. The Morgan fingerprint density at radius 3 is 2.61 bits per heavy atom. The number of rotatable bonds is 9. The number of aromatic nitrogens is 2. The molecule has 0 aliphatic heterocycles. The van der Waals surface area contributed by atoms with Crippen molar-refractivity contribution in [3.8, 4) is 11.3 Å². The highest BCUT2D eigenvalue weighted by Gasteiger charge is 2.10. The van der Waals surface area contributed by atoms with Gasteiger partial charge in [0.05, 0.1) is 18.6 Å². The van der Waals surface area contributed by atoms with Crippen LogP contribution in [0.1, 0.15) is 31.7 Å². The number of unbranched alkanes of at least 4 members (excludes halogenated alkanes) is 2. The zero-order valence-electron chi connectivity index (χ0n) is 16.1. The summed E-state index contributed by atoms with van der Waals surface area (Å²) in [5, 5.41) is 18.9. The number of hydrogen-bond acceptors (Lipinski definition) is 5. The summed E-state index contributed by atoms with van der Waals surface area (Å²) in [6.45, 7) is 1.94. The van der Waals surface area contributed by atoms with Crippen LogP contribution in [0.4, 0.5) is 0 Å². The molecule has 0 fully saturated rings. The van der Waals surface area contributed by atoms with Gasteiger partial charge in [0, 0.05) is 18.3 Å². The monoisotopic (exact) mass is 382 g/mol. The van der Waals surface area contributed by atoms with Crippen LogP contribution in [0.2, 0.25) is 0 Å². The van der Waals surface area contributed by atoms with Crippen molar-refractivity contribution in [2.75, 3.05) is 13.2 Å². The minimum absolute atomic E-state index is 0.227. The lowest BCUT2D eigenvalue weighted by atomic mass is 10.0. The first-order valence-corrected chi connectivity index (χ1v) is 9.64. The van der Waals surface area contributed by atoms with Gasteiger partial charge in [-0.25, -0.2) is 4.79 Å². The number of furan rings is 1. The fourth-order valence-electron chi connectivity index (χ4n) is 3.04. The van der Waals surface area contributed by atoms with E-state index in [0.717, 1.165) is 17.4 Å². The van der Waals surface area contributed by atoms with Gasteiger partial charge in [-0.3, -0.25) is 4.57 Å². The second-order valence-corrected chi connectivity index (χ2v) is 6.88. The molecule has 3 aromatic rings. The van der Waals surface area contributed by atoms with Gasteiger partial charge in [0.1, 0.15) is 5.76 Å². The Balaban J connectivity index is 1.82. The highest BCUT2D eigenvalue weighted by Crippen LogP contribution is 2.26. The van der Waals surface area contributed by atoms with Crippen molar-refractivity contribution in [2.45, 2.75) is 39.2 Å². The van der Waals surface area contributed by atoms with Gasteiger partial charge in [-0.1, -0.05) is 50.1 Å². The molecule has 0 aliphatic rings. The number of nitrogens with zero attached hydrogens (tertiary/aromatic N) is 2. The van der Waals surface area contributed by atoms with E-state index < -0.39 is 5.69 Å². The molecule has 0 amide bonds. The highest BCUT2D eigenvalue weighted by atomic mass is 16.3. The van der Waals surface area contributed by atoms with Crippen LogP contribution >= 0.6 is 0 Å². The summed E-state index contributed by atoms with van der Waals surface area (Å²) in [6.07, 6.45) is 8.02. The molecular weight excluding hydrogens is 356 g/mol. The van der Waals surface area contributed by atoms with Gasteiger partial charge >= 0.3 is 5.69 Å². The number of allylic oxidation sites excluding steroid dienone is 1. The fourth-order valence-corrected chi connectivity index (χ4v) is 3.04. The van der Waals surface area contributed by atoms with Crippen molar-refractivity contribution in [1.82, 2.24) is 9.55 Å².